The zero-order valence-corrected chi connectivity index (χ0v) is 12.3. The predicted octanol–water partition coefficient (Wildman–Crippen LogP) is 3.39. The molecule has 0 saturated heterocycles. The molecule has 2 aromatic rings. The van der Waals surface area contributed by atoms with Gasteiger partial charge in [-0.2, -0.15) is 5.26 Å². The van der Waals surface area contributed by atoms with Gasteiger partial charge in [0, 0.05) is 24.3 Å². The molecule has 0 aliphatic carbocycles. The fourth-order valence-corrected chi connectivity index (χ4v) is 2.20. The van der Waals surface area contributed by atoms with Crippen LogP contribution in [-0.2, 0) is 6.42 Å². The van der Waals surface area contributed by atoms with Crippen molar-refractivity contribution in [1.82, 2.24) is 4.98 Å². The van der Waals surface area contributed by atoms with Gasteiger partial charge in [-0.25, -0.2) is 4.98 Å². The molecular weight excluding hydrogens is 302 g/mol. The molecule has 0 unspecified atom stereocenters. The van der Waals surface area contributed by atoms with E-state index in [1.165, 1.54) is 5.56 Å². The second-order valence-corrected chi connectivity index (χ2v) is 5.21. The molecule has 0 spiro atoms. The van der Waals surface area contributed by atoms with Crippen molar-refractivity contribution in [3.05, 3.63) is 58.2 Å². The minimum atomic E-state index is 0.588. The quantitative estimate of drug-likeness (QED) is 0.868. The Labute approximate surface area is 121 Å². The van der Waals surface area contributed by atoms with Gasteiger partial charge in [0.1, 0.15) is 11.9 Å². The fraction of sp³-hybridized carbons (Fsp3) is 0.200. The Morgan fingerprint density at radius 3 is 2.74 bits per heavy atom. The van der Waals surface area contributed by atoms with Crippen molar-refractivity contribution in [3.8, 4) is 6.07 Å². The summed E-state index contributed by atoms with van der Waals surface area (Å²) in [7, 11) is 1.96. The first-order chi connectivity index (χ1) is 9.20. The number of anilines is 1. The number of nitriles is 1. The number of nitrogens with zero attached hydrogens (tertiary/aromatic N) is 3. The largest absolute Gasteiger partial charge is 0.358 e. The highest BCUT2D eigenvalue weighted by atomic mass is 79.9. The van der Waals surface area contributed by atoms with Crippen LogP contribution >= 0.6 is 15.9 Å². The van der Waals surface area contributed by atoms with Crippen LogP contribution in [0.2, 0.25) is 0 Å². The number of benzene rings is 1. The third kappa shape index (κ3) is 3.55. The molecule has 0 bridgehead atoms. The average molecular weight is 316 g/mol. The van der Waals surface area contributed by atoms with E-state index in [9.17, 15) is 0 Å². The Bertz CT molecular complexity index is 590. The van der Waals surface area contributed by atoms with Crippen LogP contribution in [0.25, 0.3) is 0 Å². The molecule has 96 valence electrons. The highest BCUT2D eigenvalue weighted by molar-refractivity contribution is 9.10. The van der Waals surface area contributed by atoms with Gasteiger partial charge in [-0.15, -0.1) is 0 Å². The maximum Gasteiger partial charge on any atom is 0.146 e. The van der Waals surface area contributed by atoms with Gasteiger partial charge in [0.15, 0.2) is 0 Å². The van der Waals surface area contributed by atoms with Gasteiger partial charge in [-0.05, 0) is 34.0 Å². The summed E-state index contributed by atoms with van der Waals surface area (Å²) >= 11 is 3.33. The van der Waals surface area contributed by atoms with Gasteiger partial charge in [0.05, 0.1) is 5.56 Å². The molecule has 0 atom stereocenters. The summed E-state index contributed by atoms with van der Waals surface area (Å²) in [6, 6.07) is 14.3. The average Bonchev–Trinajstić information content (AvgIpc) is 2.45. The fourth-order valence-electron chi connectivity index (χ4n) is 1.87. The van der Waals surface area contributed by atoms with E-state index in [0.717, 1.165) is 23.3 Å². The number of aromatic nitrogens is 1. The zero-order chi connectivity index (χ0) is 13.7. The van der Waals surface area contributed by atoms with Gasteiger partial charge in [0.25, 0.3) is 0 Å². The maximum atomic E-state index is 9.14. The molecular formula is C15H14BrN3. The Hall–Kier alpha value is -1.86. The summed E-state index contributed by atoms with van der Waals surface area (Å²) in [5.74, 6) is 0.724. The van der Waals surface area contributed by atoms with Crippen molar-refractivity contribution in [1.29, 1.82) is 5.26 Å². The van der Waals surface area contributed by atoms with E-state index in [2.05, 4.69) is 39.1 Å². The maximum absolute atomic E-state index is 9.14. The van der Waals surface area contributed by atoms with Crippen LogP contribution in [0.4, 0.5) is 5.82 Å². The van der Waals surface area contributed by atoms with Crippen molar-refractivity contribution >= 4 is 21.7 Å². The number of hydrogen-bond acceptors (Lipinski definition) is 3. The van der Waals surface area contributed by atoms with Gasteiger partial charge >= 0.3 is 0 Å². The van der Waals surface area contributed by atoms with E-state index in [-0.39, 0.29) is 0 Å². The molecule has 1 heterocycles. The highest BCUT2D eigenvalue weighted by Crippen LogP contribution is 2.20. The van der Waals surface area contributed by atoms with Gasteiger partial charge in [0.2, 0.25) is 0 Å². The van der Waals surface area contributed by atoms with Crippen LogP contribution in [-0.4, -0.2) is 18.6 Å². The first-order valence-electron chi connectivity index (χ1n) is 6.01. The molecule has 3 nitrogen and oxygen atoms in total. The summed E-state index contributed by atoms with van der Waals surface area (Å²) < 4.78 is 0.823. The van der Waals surface area contributed by atoms with Crippen molar-refractivity contribution < 1.29 is 0 Å². The topological polar surface area (TPSA) is 39.9 Å². The van der Waals surface area contributed by atoms with Crippen molar-refractivity contribution in [3.63, 3.8) is 0 Å². The lowest BCUT2D eigenvalue weighted by molar-refractivity contribution is 0.857. The monoisotopic (exact) mass is 315 g/mol. The summed E-state index contributed by atoms with van der Waals surface area (Å²) in [5.41, 5.74) is 1.87. The van der Waals surface area contributed by atoms with Crippen molar-refractivity contribution in [2.24, 2.45) is 0 Å². The van der Waals surface area contributed by atoms with Crippen LogP contribution in [0.1, 0.15) is 11.1 Å². The Morgan fingerprint density at radius 1 is 1.32 bits per heavy atom. The molecule has 0 radical (unpaired) electrons. The van der Waals surface area contributed by atoms with E-state index in [0.29, 0.717) is 5.56 Å². The molecule has 0 saturated carbocycles. The van der Waals surface area contributed by atoms with Crippen LogP contribution < -0.4 is 4.90 Å². The molecule has 1 aromatic carbocycles. The van der Waals surface area contributed by atoms with E-state index in [1.807, 2.05) is 30.1 Å². The number of hydrogen-bond donors (Lipinski definition) is 0. The predicted molar refractivity (Wildman–Crippen MR) is 80.1 cm³/mol. The smallest absolute Gasteiger partial charge is 0.146 e. The molecule has 0 amide bonds. The van der Waals surface area contributed by atoms with E-state index in [1.54, 1.807) is 12.3 Å². The Balaban J connectivity index is 2.08. The Morgan fingerprint density at radius 2 is 2.05 bits per heavy atom. The molecule has 0 aliphatic heterocycles. The molecule has 0 aliphatic rings. The van der Waals surface area contributed by atoms with Crippen LogP contribution in [0.5, 0.6) is 0 Å². The third-order valence-electron chi connectivity index (χ3n) is 2.89. The van der Waals surface area contributed by atoms with Gasteiger partial charge in [-0.1, -0.05) is 30.3 Å². The second kappa shape index (κ2) is 6.35. The van der Waals surface area contributed by atoms with Crippen molar-refractivity contribution in [2.45, 2.75) is 6.42 Å². The lowest BCUT2D eigenvalue weighted by Gasteiger charge is -2.19. The van der Waals surface area contributed by atoms with Crippen molar-refractivity contribution in [2.75, 3.05) is 18.5 Å². The van der Waals surface area contributed by atoms with E-state index < -0.39 is 0 Å². The first kappa shape index (κ1) is 13.6. The van der Waals surface area contributed by atoms with E-state index >= 15 is 0 Å². The molecule has 4 heteroatoms. The second-order valence-electron chi connectivity index (χ2n) is 4.29. The van der Waals surface area contributed by atoms with Gasteiger partial charge in [-0.3, -0.25) is 0 Å². The molecule has 0 N–H and O–H groups in total. The van der Waals surface area contributed by atoms with Crippen LogP contribution in [0.3, 0.4) is 0 Å². The molecule has 0 fully saturated rings. The molecule has 2 rings (SSSR count). The minimum Gasteiger partial charge on any atom is -0.358 e. The lowest BCUT2D eigenvalue weighted by Crippen LogP contribution is -2.22. The van der Waals surface area contributed by atoms with Crippen LogP contribution in [0, 0.1) is 11.3 Å². The zero-order valence-electron chi connectivity index (χ0n) is 10.7. The standard InChI is InChI=1S/C15H14BrN3/c1-19(8-7-12-5-3-2-4-6-12)15-13(10-17)9-14(16)11-18-15/h2-6,9,11H,7-8H2,1H3. The highest BCUT2D eigenvalue weighted by Gasteiger charge is 2.09. The number of pyridine rings is 1. The number of likely N-dealkylation sites (N-methyl/N-ethyl adjacent to an activating group) is 1. The lowest BCUT2D eigenvalue weighted by atomic mass is 10.1. The SMILES string of the molecule is CN(CCc1ccccc1)c1ncc(Br)cc1C#N. The summed E-state index contributed by atoms with van der Waals surface area (Å²) in [6.45, 7) is 0.827. The normalized spacial score (nSPS) is 9.95. The number of halogens is 1. The number of rotatable bonds is 4. The summed E-state index contributed by atoms with van der Waals surface area (Å²) in [6.07, 6.45) is 2.65. The first-order valence-corrected chi connectivity index (χ1v) is 6.80. The van der Waals surface area contributed by atoms with Gasteiger partial charge < -0.3 is 4.90 Å². The van der Waals surface area contributed by atoms with Crippen LogP contribution in [0.15, 0.2) is 47.1 Å². The van der Waals surface area contributed by atoms with E-state index in [4.69, 9.17) is 5.26 Å². The third-order valence-corrected chi connectivity index (χ3v) is 3.33. The minimum absolute atomic E-state index is 0.588. The summed E-state index contributed by atoms with van der Waals surface area (Å²) in [4.78, 5) is 6.33. The molecule has 19 heavy (non-hydrogen) atoms. The molecule has 1 aromatic heterocycles. The summed E-state index contributed by atoms with van der Waals surface area (Å²) in [5, 5.41) is 9.14. The Kier molecular flexibility index (Phi) is 4.53.